The summed E-state index contributed by atoms with van der Waals surface area (Å²) in [5.41, 5.74) is 2.04. The number of carbonyl (C=O) groups is 4. The molecule has 0 bridgehead atoms. The van der Waals surface area contributed by atoms with Crippen LogP contribution in [-0.4, -0.2) is 36.8 Å². The minimum Gasteiger partial charge on any atom is -0.457 e. The van der Waals surface area contributed by atoms with Gasteiger partial charge in [-0.3, -0.25) is 14.4 Å². The molecule has 1 aliphatic heterocycles. The molecular weight excluding hydrogens is 442 g/mol. The number of thiophene rings is 1. The van der Waals surface area contributed by atoms with Crippen molar-refractivity contribution in [3.8, 4) is 5.75 Å². The number of ether oxygens (including phenoxy) is 2. The Morgan fingerprint density at radius 2 is 1.79 bits per heavy atom. The standard InChI is InChI=1S/C25H21NO6S/c1-16-5-2-3-6-20(16)26-14-18(13-23(26)28)24(29)31-15-21(27)17-8-10-19(11-9-17)32-25(30)22-7-4-12-33-22/h2-12,18H,13-15H2,1H3/t18-/m0/s1. The fraction of sp³-hybridized carbons (Fsp3) is 0.200. The first-order chi connectivity index (χ1) is 15.9. The molecule has 0 N–H and O–H groups in total. The van der Waals surface area contributed by atoms with Crippen molar-refractivity contribution in [3.05, 3.63) is 82.0 Å². The molecule has 1 aliphatic rings. The van der Waals surface area contributed by atoms with Crippen LogP contribution in [0.15, 0.2) is 66.0 Å². The van der Waals surface area contributed by atoms with E-state index >= 15 is 0 Å². The summed E-state index contributed by atoms with van der Waals surface area (Å²) in [6, 6.07) is 16.9. The molecule has 1 aromatic heterocycles. The van der Waals surface area contributed by atoms with Crippen molar-refractivity contribution in [2.75, 3.05) is 18.1 Å². The van der Waals surface area contributed by atoms with Crippen LogP contribution in [0.4, 0.5) is 5.69 Å². The largest absolute Gasteiger partial charge is 0.457 e. The lowest BCUT2D eigenvalue weighted by atomic mass is 10.1. The van der Waals surface area contributed by atoms with E-state index in [9.17, 15) is 19.2 Å². The first kappa shape index (κ1) is 22.4. The van der Waals surface area contributed by atoms with Gasteiger partial charge in [0.1, 0.15) is 10.6 Å². The maximum atomic E-state index is 12.5. The summed E-state index contributed by atoms with van der Waals surface area (Å²) in [7, 11) is 0. The molecule has 0 aliphatic carbocycles. The van der Waals surface area contributed by atoms with Crippen LogP contribution < -0.4 is 9.64 Å². The van der Waals surface area contributed by atoms with Crippen molar-refractivity contribution in [2.45, 2.75) is 13.3 Å². The maximum absolute atomic E-state index is 12.5. The van der Waals surface area contributed by atoms with Crippen molar-refractivity contribution in [1.29, 1.82) is 0 Å². The van der Waals surface area contributed by atoms with Gasteiger partial charge in [0.15, 0.2) is 12.4 Å². The van der Waals surface area contributed by atoms with Crippen molar-refractivity contribution in [1.82, 2.24) is 0 Å². The summed E-state index contributed by atoms with van der Waals surface area (Å²) >= 11 is 1.28. The number of esters is 2. The Hall–Kier alpha value is -3.78. The zero-order valence-electron chi connectivity index (χ0n) is 17.9. The van der Waals surface area contributed by atoms with Crippen molar-refractivity contribution in [3.63, 3.8) is 0 Å². The third-order valence-electron chi connectivity index (χ3n) is 5.32. The molecule has 1 saturated heterocycles. The molecule has 1 atom stereocenters. The third-order valence-corrected chi connectivity index (χ3v) is 6.17. The average molecular weight is 464 g/mol. The van der Waals surface area contributed by atoms with E-state index in [0.29, 0.717) is 16.2 Å². The van der Waals surface area contributed by atoms with Gasteiger partial charge in [-0.2, -0.15) is 0 Å². The van der Waals surface area contributed by atoms with E-state index in [1.54, 1.807) is 22.4 Å². The summed E-state index contributed by atoms with van der Waals surface area (Å²) in [6.07, 6.45) is 0.0473. The second-order valence-corrected chi connectivity index (χ2v) is 8.56. The molecule has 2 heterocycles. The molecule has 1 fully saturated rings. The molecule has 0 unspecified atom stereocenters. The summed E-state index contributed by atoms with van der Waals surface area (Å²) in [6.45, 7) is 1.70. The fourth-order valence-corrected chi connectivity index (χ4v) is 4.16. The van der Waals surface area contributed by atoms with E-state index in [1.807, 2.05) is 31.2 Å². The minimum absolute atomic E-state index is 0.0473. The van der Waals surface area contributed by atoms with Gasteiger partial charge in [0, 0.05) is 24.2 Å². The molecule has 8 heteroatoms. The molecule has 0 spiro atoms. The number of benzene rings is 2. The van der Waals surface area contributed by atoms with Crippen LogP contribution in [0.1, 0.15) is 32.0 Å². The van der Waals surface area contributed by atoms with E-state index in [0.717, 1.165) is 11.3 Å². The van der Waals surface area contributed by atoms with Gasteiger partial charge in [-0.15, -0.1) is 11.3 Å². The van der Waals surface area contributed by atoms with Gasteiger partial charge >= 0.3 is 11.9 Å². The third kappa shape index (κ3) is 5.18. The highest BCUT2D eigenvalue weighted by Gasteiger charge is 2.36. The second-order valence-electron chi connectivity index (χ2n) is 7.61. The summed E-state index contributed by atoms with van der Waals surface area (Å²) in [5, 5.41) is 1.78. The van der Waals surface area contributed by atoms with Crippen LogP contribution in [0.25, 0.3) is 0 Å². The number of Topliss-reactive ketones (excluding diaryl/α,β-unsaturated/α-hetero) is 1. The molecule has 3 aromatic rings. The molecular formula is C25H21NO6S. The van der Waals surface area contributed by atoms with Crippen molar-refractivity contribution < 1.29 is 28.7 Å². The lowest BCUT2D eigenvalue weighted by Crippen LogP contribution is -2.27. The molecule has 168 valence electrons. The average Bonchev–Trinajstić information content (AvgIpc) is 3.48. The molecule has 33 heavy (non-hydrogen) atoms. The SMILES string of the molecule is Cc1ccccc1N1C[C@@H](C(=O)OCC(=O)c2ccc(OC(=O)c3cccs3)cc2)CC1=O. The van der Waals surface area contributed by atoms with Crippen LogP contribution >= 0.6 is 11.3 Å². The number of ketones is 1. The molecule has 1 amide bonds. The Balaban J connectivity index is 1.29. The normalized spacial score (nSPS) is 15.4. The van der Waals surface area contributed by atoms with Gasteiger partial charge < -0.3 is 14.4 Å². The smallest absolute Gasteiger partial charge is 0.353 e. The van der Waals surface area contributed by atoms with E-state index in [1.165, 1.54) is 35.6 Å². The molecule has 7 nitrogen and oxygen atoms in total. The minimum atomic E-state index is -0.621. The van der Waals surface area contributed by atoms with E-state index in [2.05, 4.69) is 0 Å². The quantitative estimate of drug-likeness (QED) is 0.298. The predicted molar refractivity (Wildman–Crippen MR) is 123 cm³/mol. The number of nitrogens with zero attached hydrogens (tertiary/aromatic N) is 1. The lowest BCUT2D eigenvalue weighted by Gasteiger charge is -2.18. The lowest BCUT2D eigenvalue weighted by molar-refractivity contribution is -0.147. The van der Waals surface area contributed by atoms with Crippen LogP contribution in [0.2, 0.25) is 0 Å². The number of hydrogen-bond donors (Lipinski definition) is 0. The van der Waals surface area contributed by atoms with Crippen LogP contribution in [0, 0.1) is 12.8 Å². The molecule has 4 rings (SSSR count). The zero-order chi connectivity index (χ0) is 23.4. The van der Waals surface area contributed by atoms with Gasteiger partial charge in [0.25, 0.3) is 0 Å². The summed E-state index contributed by atoms with van der Waals surface area (Å²) in [4.78, 5) is 51.3. The molecule has 0 saturated carbocycles. The Morgan fingerprint density at radius 3 is 2.48 bits per heavy atom. The van der Waals surface area contributed by atoms with Crippen molar-refractivity contribution >= 4 is 40.7 Å². The topological polar surface area (TPSA) is 90.0 Å². The summed E-state index contributed by atoms with van der Waals surface area (Å²) < 4.78 is 10.5. The Labute approximate surface area is 194 Å². The van der Waals surface area contributed by atoms with Crippen LogP contribution in [0.5, 0.6) is 5.75 Å². The van der Waals surface area contributed by atoms with Gasteiger partial charge in [0.2, 0.25) is 5.91 Å². The van der Waals surface area contributed by atoms with Crippen LogP contribution in [-0.2, 0) is 14.3 Å². The van der Waals surface area contributed by atoms with Crippen molar-refractivity contribution in [2.24, 2.45) is 5.92 Å². The Morgan fingerprint density at radius 1 is 1.03 bits per heavy atom. The highest BCUT2D eigenvalue weighted by atomic mass is 32.1. The van der Waals surface area contributed by atoms with Gasteiger partial charge in [-0.25, -0.2) is 4.79 Å². The maximum Gasteiger partial charge on any atom is 0.353 e. The van der Waals surface area contributed by atoms with Gasteiger partial charge in [0.05, 0.1) is 5.92 Å². The fourth-order valence-electron chi connectivity index (χ4n) is 3.56. The zero-order valence-corrected chi connectivity index (χ0v) is 18.7. The molecule has 2 aromatic carbocycles. The van der Waals surface area contributed by atoms with Crippen LogP contribution in [0.3, 0.4) is 0 Å². The first-order valence-corrected chi connectivity index (χ1v) is 11.2. The number of aryl methyl sites for hydroxylation is 1. The number of carbonyl (C=O) groups excluding carboxylic acids is 4. The Bertz CT molecular complexity index is 1190. The number of hydrogen-bond acceptors (Lipinski definition) is 7. The summed E-state index contributed by atoms with van der Waals surface area (Å²) in [5.74, 6) is -1.89. The molecule has 0 radical (unpaired) electrons. The second kappa shape index (κ2) is 9.79. The van der Waals surface area contributed by atoms with E-state index < -0.39 is 24.5 Å². The number of amides is 1. The highest BCUT2D eigenvalue weighted by Crippen LogP contribution is 2.28. The highest BCUT2D eigenvalue weighted by molar-refractivity contribution is 7.12. The first-order valence-electron chi connectivity index (χ1n) is 10.3. The van der Waals surface area contributed by atoms with E-state index in [4.69, 9.17) is 9.47 Å². The van der Waals surface area contributed by atoms with Gasteiger partial charge in [-0.1, -0.05) is 24.3 Å². The predicted octanol–water partition coefficient (Wildman–Crippen LogP) is 4.05. The van der Waals surface area contributed by atoms with Gasteiger partial charge in [-0.05, 0) is 54.3 Å². The monoisotopic (exact) mass is 463 g/mol. The number of rotatable bonds is 7. The Kier molecular flexibility index (Phi) is 6.65. The number of para-hydroxylation sites is 1. The number of anilines is 1. The van der Waals surface area contributed by atoms with E-state index in [-0.39, 0.29) is 24.7 Å².